The van der Waals surface area contributed by atoms with Crippen LogP contribution < -0.4 is 15.0 Å². The smallest absolute Gasteiger partial charge is 0.260 e. The van der Waals surface area contributed by atoms with Gasteiger partial charge in [-0.3, -0.25) is 9.69 Å². The van der Waals surface area contributed by atoms with Crippen LogP contribution in [0.2, 0.25) is 0 Å². The number of piperazine rings is 1. The monoisotopic (exact) mass is 449 g/mol. The quantitative estimate of drug-likeness (QED) is 0.704. The van der Waals surface area contributed by atoms with Gasteiger partial charge in [0.25, 0.3) is 5.91 Å². The summed E-state index contributed by atoms with van der Waals surface area (Å²) in [6.45, 7) is 6.75. The number of benzene rings is 2. The predicted molar refractivity (Wildman–Crippen MR) is 112 cm³/mol. The first-order chi connectivity index (χ1) is 13.5. The van der Waals surface area contributed by atoms with Gasteiger partial charge >= 0.3 is 0 Å². The second kappa shape index (κ2) is 9.89. The van der Waals surface area contributed by atoms with Crippen LogP contribution in [0.3, 0.4) is 0 Å². The fourth-order valence-electron chi connectivity index (χ4n) is 3.13. The maximum atomic E-state index is 13.0. The third-order valence-corrected chi connectivity index (χ3v) is 5.32. The molecule has 150 valence electrons. The first kappa shape index (κ1) is 20.6. The highest BCUT2D eigenvalue weighted by atomic mass is 79.9. The van der Waals surface area contributed by atoms with Crippen LogP contribution in [-0.4, -0.2) is 56.2 Å². The molecule has 0 aliphatic carbocycles. The van der Waals surface area contributed by atoms with Gasteiger partial charge < -0.3 is 15.0 Å². The molecule has 2 aromatic carbocycles. The third-order valence-electron chi connectivity index (χ3n) is 4.79. The SMILES string of the molecule is CC(Oc1ccc(Br)cc1)C(=O)NCCN1CCN(c2ccc(F)cc2)CC1. The molecular weight excluding hydrogens is 425 g/mol. The zero-order chi connectivity index (χ0) is 19.9. The number of halogens is 2. The van der Waals surface area contributed by atoms with Gasteiger partial charge in [-0.15, -0.1) is 0 Å². The Morgan fingerprint density at radius 3 is 2.39 bits per heavy atom. The normalized spacial score (nSPS) is 15.9. The van der Waals surface area contributed by atoms with E-state index in [0.29, 0.717) is 12.3 Å². The maximum Gasteiger partial charge on any atom is 0.260 e. The summed E-state index contributed by atoms with van der Waals surface area (Å²) in [5.41, 5.74) is 1.05. The number of amides is 1. The van der Waals surface area contributed by atoms with Gasteiger partial charge in [0.05, 0.1) is 0 Å². The molecule has 1 amide bonds. The molecule has 7 heteroatoms. The second-order valence-electron chi connectivity index (χ2n) is 6.81. The summed E-state index contributed by atoms with van der Waals surface area (Å²) in [7, 11) is 0. The molecule has 1 fully saturated rings. The van der Waals surface area contributed by atoms with Crippen molar-refractivity contribution in [1.82, 2.24) is 10.2 Å². The molecule has 5 nitrogen and oxygen atoms in total. The first-order valence-electron chi connectivity index (χ1n) is 9.44. The number of ether oxygens (including phenoxy) is 1. The summed E-state index contributed by atoms with van der Waals surface area (Å²) >= 11 is 3.37. The minimum atomic E-state index is -0.545. The van der Waals surface area contributed by atoms with Crippen molar-refractivity contribution in [2.24, 2.45) is 0 Å². The Morgan fingerprint density at radius 2 is 1.75 bits per heavy atom. The van der Waals surface area contributed by atoms with Crippen LogP contribution in [-0.2, 0) is 4.79 Å². The number of hydrogen-bond acceptors (Lipinski definition) is 4. The molecule has 3 rings (SSSR count). The maximum absolute atomic E-state index is 13.0. The van der Waals surface area contributed by atoms with Crippen molar-refractivity contribution >= 4 is 27.5 Å². The lowest BCUT2D eigenvalue weighted by atomic mass is 10.2. The van der Waals surface area contributed by atoms with Crippen molar-refractivity contribution in [2.75, 3.05) is 44.2 Å². The zero-order valence-corrected chi connectivity index (χ0v) is 17.5. The fourth-order valence-corrected chi connectivity index (χ4v) is 3.40. The number of anilines is 1. The van der Waals surface area contributed by atoms with E-state index in [1.807, 2.05) is 36.4 Å². The molecule has 0 saturated carbocycles. The van der Waals surface area contributed by atoms with Crippen molar-refractivity contribution in [3.63, 3.8) is 0 Å². The third kappa shape index (κ3) is 5.94. The molecule has 1 saturated heterocycles. The average Bonchev–Trinajstić information content (AvgIpc) is 2.71. The number of carbonyl (C=O) groups is 1. The summed E-state index contributed by atoms with van der Waals surface area (Å²) in [5.74, 6) is 0.340. The topological polar surface area (TPSA) is 44.8 Å². The number of hydrogen-bond donors (Lipinski definition) is 1. The van der Waals surface area contributed by atoms with E-state index in [1.54, 1.807) is 6.92 Å². The Morgan fingerprint density at radius 1 is 1.11 bits per heavy atom. The van der Waals surface area contributed by atoms with Gasteiger partial charge in [0.2, 0.25) is 0 Å². The molecular formula is C21H25BrFN3O2. The molecule has 1 unspecified atom stereocenters. The molecule has 2 aromatic rings. The minimum absolute atomic E-state index is 0.118. The van der Waals surface area contributed by atoms with E-state index in [2.05, 4.69) is 31.0 Å². The molecule has 0 bridgehead atoms. The fraction of sp³-hybridized carbons (Fsp3) is 0.381. The summed E-state index contributed by atoms with van der Waals surface area (Å²) in [6, 6.07) is 14.0. The lowest BCUT2D eigenvalue weighted by Gasteiger charge is -2.36. The largest absolute Gasteiger partial charge is 0.481 e. The van der Waals surface area contributed by atoms with Crippen LogP contribution in [0.25, 0.3) is 0 Å². The highest BCUT2D eigenvalue weighted by Crippen LogP contribution is 2.18. The van der Waals surface area contributed by atoms with E-state index in [9.17, 15) is 9.18 Å². The van der Waals surface area contributed by atoms with E-state index in [-0.39, 0.29) is 11.7 Å². The highest BCUT2D eigenvalue weighted by molar-refractivity contribution is 9.10. The van der Waals surface area contributed by atoms with Crippen LogP contribution in [0, 0.1) is 5.82 Å². The lowest BCUT2D eigenvalue weighted by molar-refractivity contribution is -0.127. The minimum Gasteiger partial charge on any atom is -0.481 e. The van der Waals surface area contributed by atoms with Gasteiger partial charge in [0.15, 0.2) is 6.10 Å². The first-order valence-corrected chi connectivity index (χ1v) is 10.2. The van der Waals surface area contributed by atoms with E-state index in [0.717, 1.165) is 42.9 Å². The van der Waals surface area contributed by atoms with Crippen molar-refractivity contribution < 1.29 is 13.9 Å². The van der Waals surface area contributed by atoms with Crippen molar-refractivity contribution in [3.8, 4) is 5.75 Å². The Labute approximate surface area is 173 Å². The van der Waals surface area contributed by atoms with E-state index < -0.39 is 6.10 Å². The van der Waals surface area contributed by atoms with Crippen molar-refractivity contribution in [3.05, 3.63) is 58.8 Å². The number of nitrogens with zero attached hydrogens (tertiary/aromatic N) is 2. The van der Waals surface area contributed by atoms with Gasteiger partial charge in [-0.1, -0.05) is 15.9 Å². The molecule has 1 aliphatic heterocycles. The standard InChI is InChI=1S/C21H25BrFN3O2/c1-16(28-20-8-2-17(22)3-9-20)21(27)24-10-11-25-12-14-26(15-13-25)19-6-4-18(23)5-7-19/h2-9,16H,10-15H2,1H3,(H,24,27). The lowest BCUT2D eigenvalue weighted by Crippen LogP contribution is -2.49. The summed E-state index contributed by atoms with van der Waals surface area (Å²) < 4.78 is 19.7. The van der Waals surface area contributed by atoms with E-state index in [4.69, 9.17) is 4.74 Å². The Hall–Kier alpha value is -2.12. The number of nitrogens with one attached hydrogen (secondary N) is 1. The summed E-state index contributed by atoms with van der Waals surface area (Å²) in [5, 5.41) is 2.94. The number of carbonyl (C=O) groups excluding carboxylic acids is 1. The Bertz CT molecular complexity index is 762. The summed E-state index contributed by atoms with van der Waals surface area (Å²) in [4.78, 5) is 16.8. The summed E-state index contributed by atoms with van der Waals surface area (Å²) in [6.07, 6.45) is -0.545. The molecule has 0 aromatic heterocycles. The van der Waals surface area contributed by atoms with Gasteiger partial charge in [-0.2, -0.15) is 0 Å². The predicted octanol–water partition coefficient (Wildman–Crippen LogP) is 3.29. The average molecular weight is 450 g/mol. The van der Waals surface area contributed by atoms with E-state index >= 15 is 0 Å². The molecule has 0 radical (unpaired) electrons. The van der Waals surface area contributed by atoms with Gasteiger partial charge in [0, 0.05) is 49.4 Å². The Balaban J connectivity index is 1.35. The van der Waals surface area contributed by atoms with Crippen LogP contribution in [0.5, 0.6) is 5.75 Å². The second-order valence-corrected chi connectivity index (χ2v) is 7.73. The van der Waals surface area contributed by atoms with E-state index in [1.165, 1.54) is 12.1 Å². The van der Waals surface area contributed by atoms with Crippen LogP contribution in [0.15, 0.2) is 53.0 Å². The van der Waals surface area contributed by atoms with Gasteiger partial charge in [-0.05, 0) is 55.5 Å². The van der Waals surface area contributed by atoms with Crippen LogP contribution >= 0.6 is 15.9 Å². The molecule has 1 N–H and O–H groups in total. The molecule has 28 heavy (non-hydrogen) atoms. The van der Waals surface area contributed by atoms with Crippen molar-refractivity contribution in [1.29, 1.82) is 0 Å². The molecule has 1 heterocycles. The van der Waals surface area contributed by atoms with Crippen molar-refractivity contribution in [2.45, 2.75) is 13.0 Å². The zero-order valence-electron chi connectivity index (χ0n) is 15.9. The van der Waals surface area contributed by atoms with Gasteiger partial charge in [0.1, 0.15) is 11.6 Å². The van der Waals surface area contributed by atoms with Gasteiger partial charge in [-0.25, -0.2) is 4.39 Å². The van der Waals surface area contributed by atoms with Crippen LogP contribution in [0.4, 0.5) is 10.1 Å². The highest BCUT2D eigenvalue weighted by Gasteiger charge is 2.18. The molecule has 1 atom stereocenters. The molecule has 0 spiro atoms. The van der Waals surface area contributed by atoms with Crippen LogP contribution in [0.1, 0.15) is 6.92 Å². The number of rotatable bonds is 7. The molecule has 1 aliphatic rings. The Kier molecular flexibility index (Phi) is 7.28.